The van der Waals surface area contributed by atoms with Gasteiger partial charge in [-0.1, -0.05) is 33.6 Å². The van der Waals surface area contributed by atoms with Crippen LogP contribution in [0.15, 0.2) is 0 Å². The van der Waals surface area contributed by atoms with Crippen molar-refractivity contribution in [3.63, 3.8) is 0 Å². The molecule has 2 nitrogen and oxygen atoms in total. The minimum atomic E-state index is -0.642. The van der Waals surface area contributed by atoms with Gasteiger partial charge in [0.2, 0.25) is 0 Å². The molecule has 0 radical (unpaired) electrons. The van der Waals surface area contributed by atoms with Crippen molar-refractivity contribution in [3.05, 3.63) is 0 Å². The van der Waals surface area contributed by atoms with Gasteiger partial charge in [-0.2, -0.15) is 0 Å². The van der Waals surface area contributed by atoms with Gasteiger partial charge in [-0.15, -0.1) is 0 Å². The molecule has 0 N–H and O–H groups in total. The lowest BCUT2D eigenvalue weighted by Gasteiger charge is -2.31. The van der Waals surface area contributed by atoms with Gasteiger partial charge in [0.1, 0.15) is 0 Å². The first kappa shape index (κ1) is 19.1. The Kier molecular flexibility index (Phi) is 8.46. The van der Waals surface area contributed by atoms with Crippen molar-refractivity contribution in [2.45, 2.75) is 72.8 Å². The second-order valence-corrected chi connectivity index (χ2v) is 9.51. The van der Waals surface area contributed by atoms with E-state index in [2.05, 4.69) is 53.5 Å². The smallest absolute Gasteiger partial charge is 0.0362 e. The highest BCUT2D eigenvalue weighted by molar-refractivity contribution is 7.84. The summed E-state index contributed by atoms with van der Waals surface area (Å²) in [6.45, 7) is 14.4. The molecule has 0 aromatic rings. The van der Waals surface area contributed by atoms with Crippen LogP contribution < -0.4 is 0 Å². The van der Waals surface area contributed by atoms with Crippen molar-refractivity contribution in [1.82, 2.24) is 4.90 Å². The van der Waals surface area contributed by atoms with Crippen LogP contribution in [0.4, 0.5) is 0 Å². The summed E-state index contributed by atoms with van der Waals surface area (Å²) in [5.74, 6) is 1.69. The minimum absolute atomic E-state index is 0.177. The van der Waals surface area contributed by atoms with Gasteiger partial charge in [-0.3, -0.25) is 4.21 Å². The molecule has 3 heteroatoms. The van der Waals surface area contributed by atoms with Crippen LogP contribution in [0.25, 0.3) is 0 Å². The van der Waals surface area contributed by atoms with E-state index >= 15 is 0 Å². The highest BCUT2D eigenvalue weighted by atomic mass is 32.2. The molecule has 116 valence electrons. The zero-order valence-corrected chi connectivity index (χ0v) is 15.0. The quantitative estimate of drug-likeness (QED) is 0.628. The molecule has 0 saturated heterocycles. The Bertz CT molecular complexity index is 263. The van der Waals surface area contributed by atoms with Gasteiger partial charge in [-0.05, 0) is 46.1 Å². The van der Waals surface area contributed by atoms with Crippen molar-refractivity contribution in [3.8, 4) is 0 Å². The van der Waals surface area contributed by atoms with Gasteiger partial charge in [0.05, 0.1) is 0 Å². The second-order valence-electron chi connectivity index (χ2n) is 7.81. The maximum Gasteiger partial charge on any atom is 0.0362 e. The SMILES string of the molecule is CN(CCS(=O)CCCCCC(C)(C)C)C(C)(C)C. The molecule has 1 atom stereocenters. The van der Waals surface area contributed by atoms with Crippen LogP contribution in [-0.2, 0) is 10.8 Å². The van der Waals surface area contributed by atoms with Gasteiger partial charge < -0.3 is 4.90 Å². The Morgan fingerprint density at radius 1 is 0.895 bits per heavy atom. The van der Waals surface area contributed by atoms with Crippen LogP contribution in [0.3, 0.4) is 0 Å². The zero-order valence-electron chi connectivity index (χ0n) is 14.2. The third-order valence-corrected chi connectivity index (χ3v) is 4.98. The van der Waals surface area contributed by atoms with Crippen LogP contribution in [-0.4, -0.2) is 39.7 Å². The molecular weight excluding hydrogens is 254 g/mol. The van der Waals surface area contributed by atoms with Gasteiger partial charge in [-0.25, -0.2) is 0 Å². The highest BCUT2D eigenvalue weighted by Crippen LogP contribution is 2.22. The van der Waals surface area contributed by atoms with Gasteiger partial charge in [0, 0.05) is 34.4 Å². The number of hydrogen-bond acceptors (Lipinski definition) is 2. The lowest BCUT2D eigenvalue weighted by molar-refractivity contribution is 0.187. The standard InChI is InChI=1S/C16H35NOS/c1-15(2,3)11-9-8-10-13-19(18)14-12-17(7)16(4,5)6/h8-14H2,1-7H3. The largest absolute Gasteiger partial charge is 0.301 e. The molecule has 0 amide bonds. The third-order valence-electron chi connectivity index (χ3n) is 3.60. The first-order valence-electron chi connectivity index (χ1n) is 7.58. The van der Waals surface area contributed by atoms with Crippen molar-refractivity contribution in [2.24, 2.45) is 5.41 Å². The van der Waals surface area contributed by atoms with Crippen molar-refractivity contribution in [1.29, 1.82) is 0 Å². The van der Waals surface area contributed by atoms with Gasteiger partial charge in [0.25, 0.3) is 0 Å². The van der Waals surface area contributed by atoms with Crippen LogP contribution in [0.1, 0.15) is 67.2 Å². The van der Waals surface area contributed by atoms with Gasteiger partial charge >= 0.3 is 0 Å². The summed E-state index contributed by atoms with van der Waals surface area (Å²) in [6.07, 6.45) is 4.87. The molecule has 0 rings (SSSR count). The molecule has 0 bridgehead atoms. The fraction of sp³-hybridized carbons (Fsp3) is 1.00. The predicted octanol–water partition coefficient (Wildman–Crippen LogP) is 4.07. The average molecular weight is 290 g/mol. The highest BCUT2D eigenvalue weighted by Gasteiger charge is 2.17. The summed E-state index contributed by atoms with van der Waals surface area (Å²) >= 11 is 0. The topological polar surface area (TPSA) is 20.3 Å². The van der Waals surface area contributed by atoms with E-state index in [0.717, 1.165) is 24.5 Å². The van der Waals surface area contributed by atoms with Crippen LogP contribution in [0.5, 0.6) is 0 Å². The summed E-state index contributed by atoms with van der Waals surface area (Å²) < 4.78 is 11.9. The fourth-order valence-electron chi connectivity index (χ4n) is 1.77. The molecule has 0 aliphatic carbocycles. The van der Waals surface area contributed by atoms with E-state index in [9.17, 15) is 4.21 Å². The van der Waals surface area contributed by atoms with E-state index in [4.69, 9.17) is 0 Å². The number of nitrogens with zero attached hydrogens (tertiary/aromatic N) is 1. The number of rotatable bonds is 8. The molecule has 0 heterocycles. The monoisotopic (exact) mass is 289 g/mol. The molecule has 0 aromatic carbocycles. The molecule has 0 saturated carbocycles. The number of unbranched alkanes of at least 4 members (excludes halogenated alkanes) is 2. The molecule has 19 heavy (non-hydrogen) atoms. The first-order valence-corrected chi connectivity index (χ1v) is 9.07. The van der Waals surface area contributed by atoms with E-state index in [-0.39, 0.29) is 5.54 Å². The summed E-state index contributed by atoms with van der Waals surface area (Å²) in [6, 6.07) is 0. The van der Waals surface area contributed by atoms with Crippen molar-refractivity contribution < 1.29 is 4.21 Å². The summed E-state index contributed by atoms with van der Waals surface area (Å²) in [5.41, 5.74) is 0.617. The maximum atomic E-state index is 11.9. The summed E-state index contributed by atoms with van der Waals surface area (Å²) in [5, 5.41) is 0. The molecule has 0 fully saturated rings. The Labute approximate surface area is 123 Å². The Hall–Kier alpha value is 0.110. The minimum Gasteiger partial charge on any atom is -0.301 e. The normalized spacial score (nSPS) is 14.9. The van der Waals surface area contributed by atoms with E-state index < -0.39 is 10.8 Å². The van der Waals surface area contributed by atoms with E-state index in [0.29, 0.717) is 5.41 Å². The molecular formula is C16H35NOS. The van der Waals surface area contributed by atoms with Gasteiger partial charge in [0.15, 0.2) is 0 Å². The second kappa shape index (κ2) is 8.41. The fourth-order valence-corrected chi connectivity index (χ4v) is 2.98. The van der Waals surface area contributed by atoms with E-state index in [1.807, 2.05) is 0 Å². The third kappa shape index (κ3) is 11.6. The predicted molar refractivity (Wildman–Crippen MR) is 88.2 cm³/mol. The Balaban J connectivity index is 3.61. The lowest BCUT2D eigenvalue weighted by Crippen LogP contribution is -2.40. The summed E-state index contributed by atoms with van der Waals surface area (Å²) in [7, 11) is 1.47. The first-order chi connectivity index (χ1) is 8.52. The Morgan fingerprint density at radius 3 is 1.95 bits per heavy atom. The van der Waals surface area contributed by atoms with Crippen LogP contribution in [0.2, 0.25) is 0 Å². The molecule has 0 aliphatic heterocycles. The van der Waals surface area contributed by atoms with Crippen LogP contribution >= 0.6 is 0 Å². The molecule has 0 spiro atoms. The van der Waals surface area contributed by atoms with E-state index in [1.165, 1.54) is 19.3 Å². The molecule has 0 aliphatic rings. The molecule has 0 aromatic heterocycles. The average Bonchev–Trinajstić information content (AvgIpc) is 2.22. The van der Waals surface area contributed by atoms with E-state index in [1.54, 1.807) is 0 Å². The van der Waals surface area contributed by atoms with Crippen LogP contribution in [0, 0.1) is 5.41 Å². The zero-order chi connectivity index (χ0) is 15.1. The summed E-state index contributed by atoms with van der Waals surface area (Å²) in [4.78, 5) is 2.28. The Morgan fingerprint density at radius 2 is 1.47 bits per heavy atom. The van der Waals surface area contributed by atoms with Crippen molar-refractivity contribution in [2.75, 3.05) is 25.1 Å². The van der Waals surface area contributed by atoms with Crippen molar-refractivity contribution >= 4 is 10.8 Å². The number of hydrogen-bond donors (Lipinski definition) is 0. The maximum absolute atomic E-state index is 11.9. The lowest BCUT2D eigenvalue weighted by atomic mass is 9.90. The molecule has 1 unspecified atom stereocenters.